The molecule has 2 aromatic rings. The molecule has 0 aromatic heterocycles. The lowest BCUT2D eigenvalue weighted by atomic mass is 9.74. The minimum absolute atomic E-state index is 0.0522. The number of hydrogen-bond donors (Lipinski definition) is 1. The van der Waals surface area contributed by atoms with E-state index in [1.165, 1.54) is 0 Å². The molecule has 6 heteroatoms. The molecule has 5 rings (SSSR count). The number of ether oxygens (including phenoxy) is 4. The summed E-state index contributed by atoms with van der Waals surface area (Å²) in [7, 11) is 5.24. The third kappa shape index (κ3) is 1.94. The van der Waals surface area contributed by atoms with E-state index in [-0.39, 0.29) is 12.8 Å². The summed E-state index contributed by atoms with van der Waals surface area (Å²) in [6.07, 6.45) is 1.26. The van der Waals surface area contributed by atoms with Crippen molar-refractivity contribution in [2.75, 3.05) is 28.1 Å². The first kappa shape index (κ1) is 15.8. The van der Waals surface area contributed by atoms with Crippen LogP contribution in [0.3, 0.4) is 0 Å². The maximum atomic E-state index is 11.6. The Bertz CT molecular complexity index is 912. The summed E-state index contributed by atoms with van der Waals surface area (Å²) >= 11 is 0. The van der Waals surface area contributed by atoms with Gasteiger partial charge in [-0.1, -0.05) is 0 Å². The van der Waals surface area contributed by atoms with Gasteiger partial charge in [0.2, 0.25) is 6.79 Å². The standard InChI is InChI=1S/C20H21NO5/c1-21-15-4-11-5-18-19(26-10-25-18)8-14(11)20(21,22)9-12-6-16(23-2)17(24-3)7-13(12)15/h5-8,15,22H,4,9-10H2,1-3H3/t15-,20+/m0/s1. The topological polar surface area (TPSA) is 60.4 Å². The predicted octanol–water partition coefficient (Wildman–Crippen LogP) is 2.36. The molecule has 0 radical (unpaired) electrons. The van der Waals surface area contributed by atoms with E-state index in [1.807, 2.05) is 36.2 Å². The van der Waals surface area contributed by atoms with Gasteiger partial charge in [0.15, 0.2) is 23.0 Å². The molecule has 136 valence electrons. The highest BCUT2D eigenvalue weighted by molar-refractivity contribution is 5.56. The normalized spacial score (nSPS) is 25.5. The van der Waals surface area contributed by atoms with Crippen LogP contribution >= 0.6 is 0 Å². The summed E-state index contributed by atoms with van der Waals surface area (Å²) in [5.41, 5.74) is 3.14. The second kappa shape index (κ2) is 5.28. The van der Waals surface area contributed by atoms with Gasteiger partial charge >= 0.3 is 0 Å². The summed E-state index contributed by atoms with van der Waals surface area (Å²) in [5, 5.41) is 11.6. The van der Waals surface area contributed by atoms with Crippen molar-refractivity contribution in [1.82, 2.24) is 4.90 Å². The molecule has 2 aromatic carbocycles. The van der Waals surface area contributed by atoms with Crippen LogP contribution in [0.1, 0.15) is 28.3 Å². The first-order valence-electron chi connectivity index (χ1n) is 8.68. The molecule has 2 atom stereocenters. The Morgan fingerprint density at radius 1 is 1.04 bits per heavy atom. The molecule has 2 bridgehead atoms. The van der Waals surface area contributed by atoms with Crippen molar-refractivity contribution in [2.45, 2.75) is 24.6 Å². The molecule has 0 spiro atoms. The Morgan fingerprint density at radius 3 is 2.46 bits per heavy atom. The monoisotopic (exact) mass is 355 g/mol. The number of benzene rings is 2. The van der Waals surface area contributed by atoms with Crippen molar-refractivity contribution in [1.29, 1.82) is 0 Å². The SMILES string of the molecule is COc1cc2c(cc1OC)[C@@H]1Cc3cc4c(cc3[C@](O)(C2)N1C)OCO4. The quantitative estimate of drug-likeness (QED) is 0.892. The first-order valence-corrected chi connectivity index (χ1v) is 8.68. The van der Waals surface area contributed by atoms with Crippen molar-refractivity contribution in [3.8, 4) is 23.0 Å². The fourth-order valence-electron chi connectivity index (χ4n) is 4.52. The van der Waals surface area contributed by atoms with Gasteiger partial charge in [0, 0.05) is 18.0 Å². The largest absolute Gasteiger partial charge is 0.493 e. The molecule has 0 aliphatic carbocycles. The van der Waals surface area contributed by atoms with E-state index in [1.54, 1.807) is 14.2 Å². The molecule has 26 heavy (non-hydrogen) atoms. The van der Waals surface area contributed by atoms with E-state index in [0.717, 1.165) is 34.4 Å². The van der Waals surface area contributed by atoms with E-state index in [0.29, 0.717) is 23.7 Å². The lowest BCUT2D eigenvalue weighted by molar-refractivity contribution is -0.141. The van der Waals surface area contributed by atoms with Crippen molar-refractivity contribution in [3.63, 3.8) is 0 Å². The fourth-order valence-corrected chi connectivity index (χ4v) is 4.52. The number of methoxy groups -OCH3 is 2. The van der Waals surface area contributed by atoms with Crippen LogP contribution in [0.25, 0.3) is 0 Å². The molecule has 3 heterocycles. The first-order chi connectivity index (χ1) is 12.5. The summed E-state index contributed by atoms with van der Waals surface area (Å²) in [6, 6.07) is 8.01. The lowest BCUT2D eigenvalue weighted by Gasteiger charge is -2.51. The third-order valence-corrected chi connectivity index (χ3v) is 5.94. The van der Waals surface area contributed by atoms with Crippen LogP contribution < -0.4 is 18.9 Å². The molecular weight excluding hydrogens is 334 g/mol. The van der Waals surface area contributed by atoms with Crippen molar-refractivity contribution >= 4 is 0 Å². The van der Waals surface area contributed by atoms with Gasteiger partial charge in [-0.15, -0.1) is 0 Å². The van der Waals surface area contributed by atoms with Crippen LogP contribution in [0.4, 0.5) is 0 Å². The van der Waals surface area contributed by atoms with Crippen molar-refractivity contribution in [2.24, 2.45) is 0 Å². The van der Waals surface area contributed by atoms with E-state index >= 15 is 0 Å². The van der Waals surface area contributed by atoms with E-state index < -0.39 is 5.72 Å². The van der Waals surface area contributed by atoms with Crippen molar-refractivity contribution < 1.29 is 24.1 Å². The average Bonchev–Trinajstić information content (AvgIpc) is 3.10. The maximum Gasteiger partial charge on any atom is 0.231 e. The van der Waals surface area contributed by atoms with Gasteiger partial charge in [-0.05, 0) is 54.4 Å². The molecule has 1 N–H and O–H groups in total. The van der Waals surface area contributed by atoms with Crippen LogP contribution in [0, 0.1) is 0 Å². The molecule has 3 aliphatic rings. The van der Waals surface area contributed by atoms with Gasteiger partial charge in [0.25, 0.3) is 0 Å². The molecular formula is C20H21NO5. The van der Waals surface area contributed by atoms with E-state index in [9.17, 15) is 5.11 Å². The second-order valence-corrected chi connectivity index (χ2v) is 7.09. The number of nitrogens with zero attached hydrogens (tertiary/aromatic N) is 1. The molecule has 0 amide bonds. The van der Waals surface area contributed by atoms with Crippen LogP contribution in [0.15, 0.2) is 24.3 Å². The Labute approximate surface area is 151 Å². The van der Waals surface area contributed by atoms with Gasteiger partial charge in [0.1, 0.15) is 5.72 Å². The van der Waals surface area contributed by atoms with Gasteiger partial charge in [0.05, 0.1) is 14.2 Å². The summed E-state index contributed by atoms with van der Waals surface area (Å²) in [5.74, 6) is 2.84. The third-order valence-electron chi connectivity index (χ3n) is 5.94. The van der Waals surface area contributed by atoms with Crippen molar-refractivity contribution in [3.05, 3.63) is 46.5 Å². The summed E-state index contributed by atoms with van der Waals surface area (Å²) in [4.78, 5) is 2.05. The van der Waals surface area contributed by atoms with Gasteiger partial charge < -0.3 is 24.1 Å². The zero-order chi connectivity index (χ0) is 18.1. The highest BCUT2D eigenvalue weighted by Crippen LogP contribution is 2.52. The zero-order valence-corrected chi connectivity index (χ0v) is 15.0. The molecule has 0 unspecified atom stereocenters. The van der Waals surface area contributed by atoms with E-state index in [4.69, 9.17) is 18.9 Å². The van der Waals surface area contributed by atoms with Crippen LogP contribution in [-0.4, -0.2) is 38.1 Å². The Balaban J connectivity index is 1.69. The number of likely N-dealkylation sites (N-methyl/N-ethyl adjacent to an activating group) is 1. The molecule has 3 aliphatic heterocycles. The number of fused-ring (bicyclic) bond motifs is 7. The zero-order valence-electron chi connectivity index (χ0n) is 15.0. The van der Waals surface area contributed by atoms with E-state index in [2.05, 4.69) is 0 Å². The minimum atomic E-state index is -1.09. The minimum Gasteiger partial charge on any atom is -0.493 e. The molecule has 0 saturated carbocycles. The Kier molecular flexibility index (Phi) is 3.21. The number of rotatable bonds is 2. The van der Waals surface area contributed by atoms with Crippen LogP contribution in [0.2, 0.25) is 0 Å². The number of hydrogen-bond acceptors (Lipinski definition) is 6. The highest BCUT2D eigenvalue weighted by Gasteiger charge is 2.49. The smallest absolute Gasteiger partial charge is 0.231 e. The summed E-state index contributed by atoms with van der Waals surface area (Å²) < 4.78 is 22.0. The fraction of sp³-hybridized carbons (Fsp3) is 0.400. The Hall–Kier alpha value is -2.44. The predicted molar refractivity (Wildman–Crippen MR) is 93.9 cm³/mol. The van der Waals surface area contributed by atoms with Gasteiger partial charge in [-0.25, -0.2) is 0 Å². The van der Waals surface area contributed by atoms with Gasteiger partial charge in [-0.2, -0.15) is 0 Å². The van der Waals surface area contributed by atoms with Crippen LogP contribution in [0.5, 0.6) is 23.0 Å². The van der Waals surface area contributed by atoms with Crippen LogP contribution in [-0.2, 0) is 18.6 Å². The van der Waals surface area contributed by atoms with Gasteiger partial charge in [-0.3, -0.25) is 4.90 Å². The molecule has 6 nitrogen and oxygen atoms in total. The molecule has 0 fully saturated rings. The maximum absolute atomic E-state index is 11.6. The average molecular weight is 355 g/mol. The molecule has 0 saturated heterocycles. The Morgan fingerprint density at radius 2 is 1.73 bits per heavy atom. The number of aliphatic hydroxyl groups is 1. The summed E-state index contributed by atoms with van der Waals surface area (Å²) in [6.45, 7) is 0.227. The second-order valence-electron chi connectivity index (χ2n) is 7.09. The lowest BCUT2D eigenvalue weighted by Crippen LogP contribution is -2.54. The highest BCUT2D eigenvalue weighted by atomic mass is 16.7.